The summed E-state index contributed by atoms with van der Waals surface area (Å²) in [5.74, 6) is 2.30. The van der Waals surface area contributed by atoms with Crippen LogP contribution in [-0.2, 0) is 9.47 Å². The van der Waals surface area contributed by atoms with Crippen LogP contribution in [0.1, 0.15) is 47.5 Å². The fourth-order valence-corrected chi connectivity index (χ4v) is 2.62. The topological polar surface area (TPSA) is 18.5 Å². The molecule has 0 aromatic carbocycles. The first-order chi connectivity index (χ1) is 7.72. The molecule has 0 saturated carbocycles. The summed E-state index contributed by atoms with van der Waals surface area (Å²) in [6, 6.07) is 0. The van der Waals surface area contributed by atoms with Gasteiger partial charge in [0, 0.05) is 18.1 Å². The van der Waals surface area contributed by atoms with E-state index < -0.39 is 5.79 Å². The first-order valence-corrected chi connectivity index (χ1v) is 6.11. The van der Waals surface area contributed by atoms with Crippen LogP contribution >= 0.6 is 0 Å². The Balaban J connectivity index is 2.86. The van der Waals surface area contributed by atoms with Gasteiger partial charge in [-0.05, 0) is 33.6 Å². The number of terminal acetylenes is 1. The molecule has 0 bridgehead atoms. The van der Waals surface area contributed by atoms with Gasteiger partial charge < -0.3 is 9.47 Å². The third-order valence-corrected chi connectivity index (χ3v) is 3.46. The molecule has 0 radical (unpaired) electrons. The van der Waals surface area contributed by atoms with Gasteiger partial charge in [-0.1, -0.05) is 25.3 Å². The van der Waals surface area contributed by atoms with Crippen molar-refractivity contribution in [1.29, 1.82) is 0 Å². The van der Waals surface area contributed by atoms with Gasteiger partial charge in [-0.25, -0.2) is 0 Å². The Morgan fingerprint density at radius 1 is 1.41 bits per heavy atom. The number of hydrogen-bond acceptors (Lipinski definition) is 2. The maximum absolute atomic E-state index is 6.00. The minimum Gasteiger partial charge on any atom is -0.354 e. The Kier molecular flexibility index (Phi) is 4.06. The molecule has 0 aromatic heterocycles. The van der Waals surface area contributed by atoms with Crippen molar-refractivity contribution < 1.29 is 9.47 Å². The van der Waals surface area contributed by atoms with Crippen LogP contribution in [0.4, 0.5) is 0 Å². The maximum Gasteiger partial charge on any atom is 0.162 e. The van der Waals surface area contributed by atoms with Crippen LogP contribution in [0.3, 0.4) is 0 Å². The molecule has 96 valence electrons. The van der Waals surface area contributed by atoms with Crippen LogP contribution < -0.4 is 0 Å². The molecule has 1 rings (SSSR count). The van der Waals surface area contributed by atoms with Crippen molar-refractivity contribution in [2.45, 2.75) is 59.4 Å². The van der Waals surface area contributed by atoms with E-state index in [1.807, 2.05) is 13.8 Å². The van der Waals surface area contributed by atoms with Crippen molar-refractivity contribution in [3.8, 4) is 12.3 Å². The lowest BCUT2D eigenvalue weighted by atomic mass is 9.72. The molecular formula is C15H24O2. The molecule has 1 atom stereocenters. The largest absolute Gasteiger partial charge is 0.354 e. The predicted molar refractivity (Wildman–Crippen MR) is 70.5 cm³/mol. The van der Waals surface area contributed by atoms with E-state index in [0.717, 1.165) is 18.4 Å². The minimum absolute atomic E-state index is 0.0194. The summed E-state index contributed by atoms with van der Waals surface area (Å²) >= 11 is 0. The number of rotatable bonds is 3. The molecule has 0 aromatic rings. The van der Waals surface area contributed by atoms with Crippen molar-refractivity contribution in [1.82, 2.24) is 0 Å². The fourth-order valence-electron chi connectivity index (χ4n) is 2.62. The standard InChI is InChI=1S/C15H24O2/c1-8-13-11(2)9-12(10-14(13,3)4)17-15(5,6)16-7/h1,12H,9-10H2,2-7H3/t12-/m1/s1. The van der Waals surface area contributed by atoms with Crippen LogP contribution in [0.15, 0.2) is 11.1 Å². The molecule has 0 heterocycles. The quantitative estimate of drug-likeness (QED) is 0.551. The molecule has 0 fully saturated rings. The van der Waals surface area contributed by atoms with E-state index in [4.69, 9.17) is 15.9 Å². The molecule has 1 aliphatic carbocycles. The summed E-state index contributed by atoms with van der Waals surface area (Å²) in [6.45, 7) is 10.3. The molecule has 2 heteroatoms. The van der Waals surface area contributed by atoms with Gasteiger partial charge in [0.2, 0.25) is 0 Å². The fraction of sp³-hybridized carbons (Fsp3) is 0.733. The Morgan fingerprint density at radius 3 is 2.41 bits per heavy atom. The van der Waals surface area contributed by atoms with Crippen LogP contribution in [0, 0.1) is 17.8 Å². The van der Waals surface area contributed by atoms with Gasteiger partial charge in [-0.15, -0.1) is 6.42 Å². The van der Waals surface area contributed by atoms with Gasteiger partial charge in [0.1, 0.15) is 0 Å². The van der Waals surface area contributed by atoms with E-state index in [9.17, 15) is 0 Å². The number of ether oxygens (including phenoxy) is 2. The van der Waals surface area contributed by atoms with Crippen LogP contribution in [0.2, 0.25) is 0 Å². The van der Waals surface area contributed by atoms with Gasteiger partial charge in [0.25, 0.3) is 0 Å². The summed E-state index contributed by atoms with van der Waals surface area (Å²) < 4.78 is 11.3. The second-order valence-corrected chi connectivity index (χ2v) is 5.94. The molecule has 1 aliphatic rings. The molecule has 0 saturated heterocycles. The molecule has 0 unspecified atom stereocenters. The Morgan fingerprint density at radius 2 is 2.00 bits per heavy atom. The Hall–Kier alpha value is -0.780. The van der Waals surface area contributed by atoms with Crippen molar-refractivity contribution in [3.63, 3.8) is 0 Å². The molecule has 0 N–H and O–H groups in total. The lowest BCUT2D eigenvalue weighted by Gasteiger charge is -2.39. The molecule has 0 aliphatic heterocycles. The number of methoxy groups -OCH3 is 1. The highest BCUT2D eigenvalue weighted by atomic mass is 16.7. The highest BCUT2D eigenvalue weighted by Crippen LogP contribution is 2.41. The molecule has 17 heavy (non-hydrogen) atoms. The van der Waals surface area contributed by atoms with E-state index in [2.05, 4.69) is 26.7 Å². The van der Waals surface area contributed by atoms with Crippen molar-refractivity contribution in [2.75, 3.05) is 7.11 Å². The summed E-state index contributed by atoms with van der Waals surface area (Å²) in [4.78, 5) is 0. The van der Waals surface area contributed by atoms with Crippen LogP contribution in [0.25, 0.3) is 0 Å². The second kappa shape index (κ2) is 4.84. The minimum atomic E-state index is -0.533. The highest BCUT2D eigenvalue weighted by molar-refractivity contribution is 5.38. The first-order valence-electron chi connectivity index (χ1n) is 6.11. The predicted octanol–water partition coefficient (Wildman–Crippen LogP) is 3.52. The monoisotopic (exact) mass is 236 g/mol. The Labute approximate surface area is 105 Å². The SMILES string of the molecule is C#CC1=C(C)C[C@@H](OC(C)(C)OC)CC1(C)C. The van der Waals surface area contributed by atoms with E-state index in [-0.39, 0.29) is 11.5 Å². The molecule has 0 spiro atoms. The third-order valence-electron chi connectivity index (χ3n) is 3.46. The zero-order valence-electron chi connectivity index (χ0n) is 11.9. The smallest absolute Gasteiger partial charge is 0.162 e. The average molecular weight is 236 g/mol. The lowest BCUT2D eigenvalue weighted by molar-refractivity contribution is -0.228. The highest BCUT2D eigenvalue weighted by Gasteiger charge is 2.35. The van der Waals surface area contributed by atoms with Gasteiger partial charge in [-0.2, -0.15) is 0 Å². The van der Waals surface area contributed by atoms with Crippen molar-refractivity contribution in [2.24, 2.45) is 5.41 Å². The van der Waals surface area contributed by atoms with Gasteiger partial charge in [0.15, 0.2) is 5.79 Å². The van der Waals surface area contributed by atoms with Crippen LogP contribution in [-0.4, -0.2) is 19.0 Å². The summed E-state index contributed by atoms with van der Waals surface area (Å²) in [7, 11) is 1.67. The zero-order valence-corrected chi connectivity index (χ0v) is 11.9. The second-order valence-electron chi connectivity index (χ2n) is 5.94. The summed E-state index contributed by atoms with van der Waals surface area (Å²) in [6.07, 6.45) is 7.61. The maximum atomic E-state index is 6.00. The van der Waals surface area contributed by atoms with E-state index >= 15 is 0 Å². The van der Waals surface area contributed by atoms with E-state index in [0.29, 0.717) is 0 Å². The Bertz CT molecular complexity index is 356. The van der Waals surface area contributed by atoms with Crippen LogP contribution in [0.5, 0.6) is 0 Å². The van der Waals surface area contributed by atoms with E-state index in [1.54, 1.807) is 7.11 Å². The third kappa shape index (κ3) is 3.34. The molecule has 2 nitrogen and oxygen atoms in total. The average Bonchev–Trinajstić information content (AvgIpc) is 2.15. The summed E-state index contributed by atoms with van der Waals surface area (Å²) in [5.41, 5.74) is 2.42. The lowest BCUT2D eigenvalue weighted by Crippen LogP contribution is -2.38. The number of hydrogen-bond donors (Lipinski definition) is 0. The summed E-state index contributed by atoms with van der Waals surface area (Å²) in [5, 5.41) is 0. The van der Waals surface area contributed by atoms with Crippen molar-refractivity contribution >= 4 is 0 Å². The molecule has 0 amide bonds. The van der Waals surface area contributed by atoms with Gasteiger partial charge in [-0.3, -0.25) is 0 Å². The van der Waals surface area contributed by atoms with Gasteiger partial charge in [0.05, 0.1) is 6.10 Å². The zero-order chi connectivity index (χ0) is 13.3. The van der Waals surface area contributed by atoms with Crippen molar-refractivity contribution in [3.05, 3.63) is 11.1 Å². The first kappa shape index (κ1) is 14.3. The van der Waals surface area contributed by atoms with E-state index in [1.165, 1.54) is 5.57 Å². The number of allylic oxidation sites excluding steroid dienone is 1. The molecular weight excluding hydrogens is 212 g/mol. The van der Waals surface area contributed by atoms with Gasteiger partial charge >= 0.3 is 0 Å². The normalized spacial score (nSPS) is 24.6.